The highest BCUT2D eigenvalue weighted by atomic mass is 16.6. The third kappa shape index (κ3) is 15.0. The standard InChI is InChI=1S/C44H59N3O8/c1-2-3-4-5-6-7-8-9-10-11-12-13-23-30-39(48)40(41(49)46-38(34-55-43(46)51)31-35-24-17-14-18-25-35)47(44(52)54-33-37-28-21-16-22-29-37)45-42(50)53-32-36-26-19-15-20-27-36/h14-22,24-29,38-40,48H,2-13,23,30-34H2,1H3,(H,45,50)/t38-,39+,40-/m0/s1. The van der Waals surface area contributed by atoms with Crippen LogP contribution in [0, 0.1) is 0 Å². The van der Waals surface area contributed by atoms with E-state index >= 15 is 0 Å². The predicted molar refractivity (Wildman–Crippen MR) is 210 cm³/mol. The molecule has 1 aliphatic heterocycles. The van der Waals surface area contributed by atoms with E-state index in [0.29, 0.717) is 29.0 Å². The van der Waals surface area contributed by atoms with Gasteiger partial charge in [0.15, 0.2) is 6.04 Å². The summed E-state index contributed by atoms with van der Waals surface area (Å²) in [5.74, 6) is -0.898. The summed E-state index contributed by atoms with van der Waals surface area (Å²) in [6, 6.07) is 24.8. The Kier molecular flexibility index (Phi) is 19.1. The van der Waals surface area contributed by atoms with Crippen LogP contribution in [0.4, 0.5) is 14.4 Å². The first-order chi connectivity index (χ1) is 26.9. The molecule has 4 rings (SSSR count). The molecular formula is C44H59N3O8. The van der Waals surface area contributed by atoms with E-state index in [0.717, 1.165) is 36.1 Å². The van der Waals surface area contributed by atoms with Gasteiger partial charge in [-0.25, -0.2) is 29.7 Å². The van der Waals surface area contributed by atoms with E-state index in [-0.39, 0.29) is 26.2 Å². The summed E-state index contributed by atoms with van der Waals surface area (Å²) in [5, 5.41) is 12.4. The fourth-order valence-corrected chi connectivity index (χ4v) is 6.76. The number of carbonyl (C=O) groups is 4. The van der Waals surface area contributed by atoms with Gasteiger partial charge in [0.2, 0.25) is 0 Å². The van der Waals surface area contributed by atoms with Gasteiger partial charge in [0.05, 0.1) is 12.1 Å². The molecule has 1 heterocycles. The molecule has 1 saturated heterocycles. The van der Waals surface area contributed by atoms with Crippen LogP contribution in [0.3, 0.4) is 0 Å². The smallest absolute Gasteiger partial charge is 0.429 e. The number of rotatable bonds is 23. The lowest BCUT2D eigenvalue weighted by Crippen LogP contribution is -2.63. The average Bonchev–Trinajstić information content (AvgIpc) is 3.57. The van der Waals surface area contributed by atoms with Crippen molar-refractivity contribution in [3.05, 3.63) is 108 Å². The Morgan fingerprint density at radius 2 is 1.20 bits per heavy atom. The summed E-state index contributed by atoms with van der Waals surface area (Å²) in [6.45, 7) is 1.88. The van der Waals surface area contributed by atoms with E-state index in [1.165, 1.54) is 51.4 Å². The summed E-state index contributed by atoms with van der Waals surface area (Å²) in [4.78, 5) is 55.8. The Hall–Kier alpha value is -4.90. The molecule has 3 aromatic rings. The third-order valence-corrected chi connectivity index (χ3v) is 9.84. The van der Waals surface area contributed by atoms with Crippen LogP contribution in [0.25, 0.3) is 0 Å². The van der Waals surface area contributed by atoms with Crippen LogP contribution in [0.1, 0.15) is 114 Å². The minimum atomic E-state index is -1.73. The molecule has 0 aromatic heterocycles. The van der Waals surface area contributed by atoms with Crippen LogP contribution in [0.15, 0.2) is 91.0 Å². The first kappa shape index (κ1) is 42.8. The number of cyclic esters (lactones) is 1. The van der Waals surface area contributed by atoms with E-state index in [1.54, 1.807) is 48.5 Å². The maximum Gasteiger partial charge on any atom is 0.429 e. The van der Waals surface area contributed by atoms with Gasteiger partial charge in [0, 0.05) is 0 Å². The maximum absolute atomic E-state index is 14.5. The normalized spacial score (nSPS) is 14.8. The number of ether oxygens (including phenoxy) is 3. The Balaban J connectivity index is 1.47. The molecule has 1 fully saturated rings. The predicted octanol–water partition coefficient (Wildman–Crippen LogP) is 9.27. The second-order valence-corrected chi connectivity index (χ2v) is 14.3. The van der Waals surface area contributed by atoms with Crippen molar-refractivity contribution in [1.29, 1.82) is 0 Å². The quantitative estimate of drug-likeness (QED) is 0.0556. The Labute approximate surface area is 326 Å². The molecule has 55 heavy (non-hydrogen) atoms. The summed E-state index contributed by atoms with van der Waals surface area (Å²) in [7, 11) is 0. The van der Waals surface area contributed by atoms with Crippen molar-refractivity contribution in [1.82, 2.24) is 15.3 Å². The van der Waals surface area contributed by atoms with Gasteiger partial charge in [0.1, 0.15) is 19.8 Å². The number of hydrazine groups is 1. The number of nitrogens with one attached hydrogen (secondary N) is 1. The number of aliphatic hydroxyl groups excluding tert-OH is 1. The van der Waals surface area contributed by atoms with Crippen molar-refractivity contribution < 1.29 is 38.5 Å². The average molecular weight is 758 g/mol. The number of carbonyl (C=O) groups excluding carboxylic acids is 4. The molecule has 0 aliphatic carbocycles. The first-order valence-corrected chi connectivity index (χ1v) is 20.1. The van der Waals surface area contributed by atoms with Crippen molar-refractivity contribution in [2.45, 2.75) is 135 Å². The van der Waals surface area contributed by atoms with E-state index in [9.17, 15) is 24.3 Å². The van der Waals surface area contributed by atoms with Crippen molar-refractivity contribution in [3.8, 4) is 0 Å². The van der Waals surface area contributed by atoms with E-state index in [4.69, 9.17) is 14.2 Å². The number of nitrogens with zero attached hydrogens (tertiary/aromatic N) is 2. The second kappa shape index (κ2) is 24.5. The van der Waals surface area contributed by atoms with Crippen LogP contribution >= 0.6 is 0 Å². The van der Waals surface area contributed by atoms with Gasteiger partial charge in [-0.2, -0.15) is 0 Å². The molecule has 11 heteroatoms. The van der Waals surface area contributed by atoms with Crippen molar-refractivity contribution >= 4 is 24.2 Å². The van der Waals surface area contributed by atoms with Crippen molar-refractivity contribution in [2.24, 2.45) is 0 Å². The molecule has 3 aromatic carbocycles. The van der Waals surface area contributed by atoms with Gasteiger partial charge in [-0.15, -0.1) is 0 Å². The SMILES string of the molecule is CCCCCCCCCCCCCCC[C@@H](O)[C@@H](C(=O)N1C(=O)OC[C@@H]1Cc1ccccc1)N(NC(=O)OCc1ccccc1)C(=O)OCc1ccccc1. The molecule has 1 aliphatic rings. The molecule has 0 bridgehead atoms. The maximum atomic E-state index is 14.5. The van der Waals surface area contributed by atoms with Crippen LogP contribution in [0.2, 0.25) is 0 Å². The van der Waals surface area contributed by atoms with Gasteiger partial charge in [-0.05, 0) is 29.5 Å². The number of amides is 4. The zero-order valence-electron chi connectivity index (χ0n) is 32.3. The molecule has 298 valence electrons. The molecule has 0 spiro atoms. The highest BCUT2D eigenvalue weighted by Crippen LogP contribution is 2.24. The zero-order chi connectivity index (χ0) is 39.1. The summed E-state index contributed by atoms with van der Waals surface area (Å²) >= 11 is 0. The van der Waals surface area contributed by atoms with Gasteiger partial charge < -0.3 is 19.3 Å². The lowest BCUT2D eigenvalue weighted by molar-refractivity contribution is -0.140. The van der Waals surface area contributed by atoms with E-state index < -0.39 is 42.4 Å². The molecule has 4 amide bonds. The second-order valence-electron chi connectivity index (χ2n) is 14.3. The van der Waals surface area contributed by atoms with E-state index in [2.05, 4.69) is 12.3 Å². The van der Waals surface area contributed by atoms with Crippen LogP contribution in [-0.2, 0) is 38.6 Å². The molecular weight excluding hydrogens is 698 g/mol. The first-order valence-electron chi connectivity index (χ1n) is 20.1. The Bertz CT molecular complexity index is 1560. The molecule has 11 nitrogen and oxygen atoms in total. The van der Waals surface area contributed by atoms with Gasteiger partial charge in [-0.3, -0.25) is 4.79 Å². The number of unbranched alkanes of at least 4 members (excludes halogenated alkanes) is 12. The molecule has 0 radical (unpaired) electrons. The number of benzene rings is 3. The molecule has 0 saturated carbocycles. The topological polar surface area (TPSA) is 135 Å². The van der Waals surface area contributed by atoms with Crippen LogP contribution in [0.5, 0.6) is 0 Å². The van der Waals surface area contributed by atoms with Crippen LogP contribution < -0.4 is 5.43 Å². The monoisotopic (exact) mass is 757 g/mol. The van der Waals surface area contributed by atoms with Crippen molar-refractivity contribution in [3.63, 3.8) is 0 Å². The molecule has 3 atom stereocenters. The van der Waals surface area contributed by atoms with Gasteiger partial charge in [0.25, 0.3) is 5.91 Å². The largest absolute Gasteiger partial charge is 0.447 e. The molecule has 0 unspecified atom stereocenters. The van der Waals surface area contributed by atoms with Crippen LogP contribution in [-0.4, -0.2) is 64.0 Å². The number of hydrogen-bond acceptors (Lipinski definition) is 8. The Morgan fingerprint density at radius 1 is 0.727 bits per heavy atom. The zero-order valence-corrected chi connectivity index (χ0v) is 32.3. The fourth-order valence-electron chi connectivity index (χ4n) is 6.76. The fraction of sp³-hybridized carbons (Fsp3) is 0.500. The number of aliphatic hydroxyl groups is 1. The summed E-state index contributed by atoms with van der Waals surface area (Å²) < 4.78 is 16.3. The summed E-state index contributed by atoms with van der Waals surface area (Å²) in [6.07, 6.45) is 10.7. The lowest BCUT2D eigenvalue weighted by Gasteiger charge is -2.35. The molecule has 2 N–H and O–H groups in total. The lowest BCUT2D eigenvalue weighted by atomic mass is 9.99. The highest BCUT2D eigenvalue weighted by Gasteiger charge is 2.47. The Morgan fingerprint density at radius 3 is 1.73 bits per heavy atom. The minimum absolute atomic E-state index is 0.0634. The number of hydrogen-bond donors (Lipinski definition) is 2. The van der Waals surface area contributed by atoms with Crippen molar-refractivity contribution in [2.75, 3.05) is 6.61 Å². The minimum Gasteiger partial charge on any atom is -0.447 e. The van der Waals surface area contributed by atoms with Gasteiger partial charge >= 0.3 is 18.3 Å². The van der Waals surface area contributed by atoms with Gasteiger partial charge in [-0.1, -0.05) is 181 Å². The summed E-state index contributed by atoms with van der Waals surface area (Å²) in [5.41, 5.74) is 4.62. The highest BCUT2D eigenvalue weighted by molar-refractivity contribution is 5.98. The third-order valence-electron chi connectivity index (χ3n) is 9.84. The number of imide groups is 1. The van der Waals surface area contributed by atoms with E-state index in [1.807, 2.05) is 42.5 Å².